The third-order valence-corrected chi connectivity index (χ3v) is 15.5. The summed E-state index contributed by atoms with van der Waals surface area (Å²) >= 11 is 0. The Balaban J connectivity index is 0.861. The molecule has 0 aliphatic rings. The quantitative estimate of drug-likeness (QED) is 0.113. The van der Waals surface area contributed by atoms with Crippen molar-refractivity contribution in [2.45, 2.75) is 0 Å². The third kappa shape index (κ3) is 7.57. The van der Waals surface area contributed by atoms with Gasteiger partial charge in [-0.2, -0.15) is 0 Å². The lowest BCUT2D eigenvalue weighted by Gasteiger charge is -2.18. The molecule has 12 aromatic carbocycles. The van der Waals surface area contributed by atoms with Gasteiger partial charge in [0.05, 0.1) is 22.4 Å². The van der Waals surface area contributed by atoms with Crippen molar-refractivity contribution in [2.75, 3.05) is 0 Å². The van der Waals surface area contributed by atoms with E-state index in [0.717, 1.165) is 77.6 Å². The van der Waals surface area contributed by atoms with Crippen molar-refractivity contribution >= 4 is 64.9 Å². The van der Waals surface area contributed by atoms with Gasteiger partial charge < -0.3 is 4.57 Å². The number of fused-ring (bicyclic) bond motifs is 8. The Bertz CT molecular complexity index is 4710. The first-order valence-electron chi connectivity index (χ1n) is 26.2. The first kappa shape index (κ1) is 44.2. The predicted molar refractivity (Wildman–Crippen MR) is 322 cm³/mol. The van der Waals surface area contributed by atoms with E-state index in [1.165, 1.54) is 65.5 Å². The Morgan fingerprint density at radius 3 is 1.49 bits per heavy atom. The Labute approximate surface area is 445 Å². The third-order valence-electron chi connectivity index (χ3n) is 15.5. The van der Waals surface area contributed by atoms with Crippen LogP contribution in [-0.2, 0) is 0 Å². The molecule has 0 saturated carbocycles. The molecule has 3 heterocycles. The monoisotopic (exact) mass is 978 g/mol. The first-order valence-corrected chi connectivity index (χ1v) is 26.2. The van der Waals surface area contributed by atoms with Gasteiger partial charge in [0, 0.05) is 45.5 Å². The van der Waals surface area contributed by atoms with E-state index in [-0.39, 0.29) is 0 Å². The molecule has 0 aliphatic carbocycles. The zero-order valence-corrected chi connectivity index (χ0v) is 41.8. The number of benzene rings is 12. The van der Waals surface area contributed by atoms with E-state index >= 15 is 0 Å². The van der Waals surface area contributed by atoms with Crippen molar-refractivity contribution in [3.63, 3.8) is 0 Å². The molecule has 0 amide bonds. The Morgan fingerprint density at radius 1 is 0.273 bits per heavy atom. The van der Waals surface area contributed by atoms with E-state index in [0.29, 0.717) is 5.82 Å². The van der Waals surface area contributed by atoms with Crippen LogP contribution in [0.3, 0.4) is 0 Å². The highest BCUT2D eigenvalue weighted by Crippen LogP contribution is 2.45. The number of nitrogens with zero attached hydrogens (tertiary/aromatic N) is 4. The van der Waals surface area contributed by atoms with E-state index in [1.54, 1.807) is 0 Å². The van der Waals surface area contributed by atoms with Crippen molar-refractivity contribution in [1.29, 1.82) is 0 Å². The highest BCUT2D eigenvalue weighted by molar-refractivity contribution is 6.21. The summed E-state index contributed by atoms with van der Waals surface area (Å²) in [5.74, 6) is 0.667. The molecule has 0 unspecified atom stereocenters. The minimum absolute atomic E-state index is 0.667. The zero-order chi connectivity index (χ0) is 50.8. The van der Waals surface area contributed by atoms with Crippen LogP contribution in [0.1, 0.15) is 0 Å². The van der Waals surface area contributed by atoms with Gasteiger partial charge >= 0.3 is 0 Å². The van der Waals surface area contributed by atoms with Crippen molar-refractivity contribution in [3.05, 3.63) is 279 Å². The van der Waals surface area contributed by atoms with Crippen LogP contribution < -0.4 is 0 Å². The molecule has 15 rings (SSSR count). The van der Waals surface area contributed by atoms with Crippen LogP contribution in [0.15, 0.2) is 279 Å². The number of hydrogen-bond donors (Lipinski definition) is 0. The summed E-state index contributed by atoms with van der Waals surface area (Å²) in [6.07, 6.45) is 3.87. The number of hydrogen-bond acceptors (Lipinski definition) is 3. The van der Waals surface area contributed by atoms with Gasteiger partial charge in [-0.05, 0) is 136 Å². The zero-order valence-electron chi connectivity index (χ0n) is 41.8. The van der Waals surface area contributed by atoms with Gasteiger partial charge in [-0.1, -0.05) is 218 Å². The van der Waals surface area contributed by atoms with Gasteiger partial charge in [0.1, 0.15) is 0 Å². The van der Waals surface area contributed by atoms with Crippen LogP contribution in [0.5, 0.6) is 0 Å². The SMILES string of the molecule is c1ccc(-c2ccc(-n3c4ccncc4c4cc(-c5ccc(-c6cc(-c7cc8ccccc8c8ccccc78)nc(-c7cccc(-c8c9ccccc9c(-c9ccccc9)c9ccccc89)c7)n6)cc5)ccc43)cc2)cc1. The molecule has 4 nitrogen and oxygen atoms in total. The van der Waals surface area contributed by atoms with E-state index in [9.17, 15) is 0 Å². The molecule has 0 atom stereocenters. The van der Waals surface area contributed by atoms with Gasteiger partial charge in [-0.15, -0.1) is 0 Å². The summed E-state index contributed by atoms with van der Waals surface area (Å²) in [4.78, 5) is 15.6. The van der Waals surface area contributed by atoms with Crippen LogP contribution in [0, 0.1) is 0 Å². The van der Waals surface area contributed by atoms with Gasteiger partial charge in [0.2, 0.25) is 0 Å². The Morgan fingerprint density at radius 2 is 0.779 bits per heavy atom. The normalized spacial score (nSPS) is 11.6. The molecular formula is C73H46N4. The summed E-state index contributed by atoms with van der Waals surface area (Å²) in [6, 6.07) is 96.2. The van der Waals surface area contributed by atoms with Gasteiger partial charge in [0.15, 0.2) is 5.82 Å². The molecule has 358 valence electrons. The maximum Gasteiger partial charge on any atom is 0.160 e. The van der Waals surface area contributed by atoms with E-state index < -0.39 is 0 Å². The largest absolute Gasteiger partial charge is 0.309 e. The lowest BCUT2D eigenvalue weighted by molar-refractivity contribution is 1.17. The highest BCUT2D eigenvalue weighted by Gasteiger charge is 2.20. The fraction of sp³-hybridized carbons (Fsp3) is 0. The second-order valence-electron chi connectivity index (χ2n) is 19.9. The van der Waals surface area contributed by atoms with Crippen LogP contribution in [0.4, 0.5) is 0 Å². The molecule has 4 heteroatoms. The number of pyridine rings is 1. The van der Waals surface area contributed by atoms with Crippen molar-refractivity contribution in [1.82, 2.24) is 19.5 Å². The fourth-order valence-corrected chi connectivity index (χ4v) is 11.9. The molecule has 3 aromatic heterocycles. The van der Waals surface area contributed by atoms with Crippen molar-refractivity contribution < 1.29 is 0 Å². The molecule has 0 spiro atoms. The molecule has 77 heavy (non-hydrogen) atoms. The topological polar surface area (TPSA) is 43.6 Å². The van der Waals surface area contributed by atoms with Gasteiger partial charge in [-0.25, -0.2) is 9.97 Å². The molecule has 0 saturated heterocycles. The average Bonchev–Trinajstić information content (AvgIpc) is 3.90. The Hall–Kier alpha value is -10.3. The fourth-order valence-electron chi connectivity index (χ4n) is 11.9. The smallest absolute Gasteiger partial charge is 0.160 e. The van der Waals surface area contributed by atoms with Gasteiger partial charge in [0.25, 0.3) is 0 Å². The minimum atomic E-state index is 0.667. The van der Waals surface area contributed by atoms with Gasteiger partial charge in [-0.3, -0.25) is 4.98 Å². The molecule has 0 radical (unpaired) electrons. The number of aromatic nitrogens is 4. The van der Waals surface area contributed by atoms with Crippen LogP contribution >= 0.6 is 0 Å². The molecular weight excluding hydrogens is 933 g/mol. The van der Waals surface area contributed by atoms with Crippen LogP contribution in [0.2, 0.25) is 0 Å². The minimum Gasteiger partial charge on any atom is -0.309 e. The summed E-state index contributed by atoms with van der Waals surface area (Å²) in [7, 11) is 0. The number of rotatable bonds is 8. The maximum absolute atomic E-state index is 5.51. The first-order chi connectivity index (χ1) is 38.2. The van der Waals surface area contributed by atoms with Crippen LogP contribution in [0.25, 0.3) is 149 Å². The molecule has 0 fully saturated rings. The lowest BCUT2D eigenvalue weighted by Crippen LogP contribution is -1.97. The summed E-state index contributed by atoms with van der Waals surface area (Å²) in [5.41, 5.74) is 17.5. The van der Waals surface area contributed by atoms with E-state index in [1.807, 2.05) is 12.4 Å². The Kier molecular flexibility index (Phi) is 10.5. The average molecular weight is 979 g/mol. The molecule has 0 bridgehead atoms. The second kappa shape index (κ2) is 18.3. The maximum atomic E-state index is 5.51. The molecule has 15 aromatic rings. The van der Waals surface area contributed by atoms with Crippen molar-refractivity contribution in [3.8, 4) is 84.1 Å². The molecule has 0 aliphatic heterocycles. The standard InChI is InChI=1S/C73H46N4/c1-3-16-47(17-4-1)48-34-37-56(38-35-48)77-69-39-36-52(43-65(69)66-46-74-41-40-70(66)77)49-30-32-50(33-31-49)67-45-68(64-44-53-20-7-8-23-57(53)58-24-9-10-25-59(58)64)76-73(75-67)55-22-15-21-54(42-55)72-62-28-13-11-26-60(62)71(51-18-5-2-6-19-51)61-27-12-14-29-63(61)72/h1-46H. The summed E-state index contributed by atoms with van der Waals surface area (Å²) in [5, 5.41) is 11.9. The summed E-state index contributed by atoms with van der Waals surface area (Å²) in [6.45, 7) is 0. The van der Waals surface area contributed by atoms with Crippen LogP contribution in [-0.4, -0.2) is 19.5 Å². The summed E-state index contributed by atoms with van der Waals surface area (Å²) < 4.78 is 2.35. The van der Waals surface area contributed by atoms with E-state index in [4.69, 9.17) is 9.97 Å². The molecule has 0 N–H and O–H groups in total. The van der Waals surface area contributed by atoms with E-state index in [2.05, 4.69) is 276 Å². The van der Waals surface area contributed by atoms with Crippen molar-refractivity contribution in [2.24, 2.45) is 0 Å². The second-order valence-corrected chi connectivity index (χ2v) is 19.9. The predicted octanol–water partition coefficient (Wildman–Crippen LogP) is 19.3. The highest BCUT2D eigenvalue weighted by atomic mass is 15.0. The lowest BCUT2D eigenvalue weighted by atomic mass is 9.85.